The van der Waals surface area contributed by atoms with Crippen molar-refractivity contribution in [1.29, 1.82) is 0 Å². The molecule has 9 heteroatoms. The molecule has 0 aliphatic carbocycles. The minimum atomic E-state index is -3.55. The van der Waals surface area contributed by atoms with Crippen LogP contribution >= 0.6 is 11.6 Å². The maximum Gasteiger partial charge on any atom is 0.396 e. The first-order valence-corrected chi connectivity index (χ1v) is 12.1. The van der Waals surface area contributed by atoms with Gasteiger partial charge in [-0.1, -0.05) is 44.5 Å². The van der Waals surface area contributed by atoms with Crippen LogP contribution < -0.4 is 10.0 Å². The molecule has 0 bridgehead atoms. The lowest BCUT2D eigenvalue weighted by Gasteiger charge is -2.19. The van der Waals surface area contributed by atoms with Gasteiger partial charge in [0, 0.05) is 17.1 Å². The van der Waals surface area contributed by atoms with Gasteiger partial charge >= 0.3 is 10.0 Å². The highest BCUT2D eigenvalue weighted by molar-refractivity contribution is 7.92. The van der Waals surface area contributed by atoms with Crippen LogP contribution in [0.15, 0.2) is 53.7 Å². The summed E-state index contributed by atoms with van der Waals surface area (Å²) in [5.41, 5.74) is 2.16. The molecule has 2 aromatic carbocycles. The molecule has 2 unspecified atom stereocenters. The molecule has 3 N–H and O–H groups in total. The van der Waals surface area contributed by atoms with Crippen LogP contribution in [0.3, 0.4) is 0 Å². The molecule has 1 aliphatic heterocycles. The van der Waals surface area contributed by atoms with E-state index in [9.17, 15) is 8.42 Å². The lowest BCUT2D eigenvalue weighted by atomic mass is 9.87. The molecule has 0 spiro atoms. The van der Waals surface area contributed by atoms with Crippen molar-refractivity contribution < 1.29 is 8.42 Å². The Balaban J connectivity index is 1.69. The van der Waals surface area contributed by atoms with Gasteiger partial charge in [0.1, 0.15) is 11.2 Å². The van der Waals surface area contributed by atoms with Gasteiger partial charge in [-0.2, -0.15) is 4.21 Å². The zero-order valence-electron chi connectivity index (χ0n) is 17.8. The van der Waals surface area contributed by atoms with Crippen LogP contribution in [0, 0.1) is 0 Å². The number of hydrogen-bond donors (Lipinski definition) is 2. The van der Waals surface area contributed by atoms with Crippen molar-refractivity contribution in [2.75, 3.05) is 17.8 Å². The van der Waals surface area contributed by atoms with Gasteiger partial charge in [0.25, 0.3) is 0 Å². The standard InChI is InChI=1S/C22H26ClN5O2S/c1-22(2,3)15-4-7-18(8-5-15)31(29,30)27-20-9-6-16(23)12-19(20)21-26-25-14-28(21)17-10-11-24-13-17/h4-9,12,14,17,24H,10-11,13H2,1-3H3,(H,27,29,30)/p+1. The molecule has 0 amide bonds. The molecule has 1 aromatic heterocycles. The number of aromatic nitrogens is 3. The molecule has 7 nitrogen and oxygen atoms in total. The van der Waals surface area contributed by atoms with Crippen molar-refractivity contribution in [2.45, 2.75) is 43.5 Å². The van der Waals surface area contributed by atoms with Crippen LogP contribution in [0.4, 0.5) is 5.69 Å². The topological polar surface area (TPSA) is 93.2 Å². The highest BCUT2D eigenvalue weighted by atomic mass is 35.5. The molecular weight excluding hydrogens is 434 g/mol. The van der Waals surface area contributed by atoms with E-state index in [-0.39, 0.29) is 11.5 Å². The van der Waals surface area contributed by atoms with Gasteiger partial charge in [0.2, 0.25) is 0 Å². The molecule has 2 atom stereocenters. The summed E-state index contributed by atoms with van der Waals surface area (Å²) in [4.78, 5) is 0.308. The summed E-state index contributed by atoms with van der Waals surface area (Å²) >= 11 is 6.26. The van der Waals surface area contributed by atoms with Gasteiger partial charge < -0.3 is 9.88 Å². The summed E-state index contributed by atoms with van der Waals surface area (Å²) < 4.78 is 28.9. The van der Waals surface area contributed by atoms with E-state index in [0.29, 0.717) is 27.0 Å². The summed E-state index contributed by atoms with van der Waals surface area (Å²) in [6.07, 6.45) is 2.66. The van der Waals surface area contributed by atoms with Crippen molar-refractivity contribution in [2.24, 2.45) is 0 Å². The van der Waals surface area contributed by atoms with E-state index in [1.54, 1.807) is 36.7 Å². The van der Waals surface area contributed by atoms with Gasteiger partial charge in [0.15, 0.2) is 5.82 Å². The Morgan fingerprint density at radius 3 is 2.61 bits per heavy atom. The average Bonchev–Trinajstić information content (AvgIpc) is 3.40. The lowest BCUT2D eigenvalue weighted by molar-refractivity contribution is 0.550. The zero-order valence-corrected chi connectivity index (χ0v) is 19.4. The van der Waals surface area contributed by atoms with Crippen LogP contribution in [0.5, 0.6) is 0 Å². The van der Waals surface area contributed by atoms with E-state index < -0.39 is 10.0 Å². The van der Waals surface area contributed by atoms with Crippen molar-refractivity contribution in [3.05, 3.63) is 59.4 Å². The van der Waals surface area contributed by atoms with E-state index in [2.05, 4.69) is 41.0 Å². The second kappa shape index (κ2) is 8.26. The Kier molecular flexibility index (Phi) is 5.81. The summed E-state index contributed by atoms with van der Waals surface area (Å²) in [5, 5.41) is 12.2. The Hall–Kier alpha value is -2.42. The van der Waals surface area contributed by atoms with E-state index >= 15 is 0 Å². The summed E-state index contributed by atoms with van der Waals surface area (Å²) in [6, 6.07) is 12.5. The number of rotatable bonds is 5. The maximum atomic E-state index is 13.2. The quantitative estimate of drug-likeness (QED) is 0.552. The minimum absolute atomic E-state index is 0.0369. The van der Waals surface area contributed by atoms with Crippen molar-refractivity contribution in [3.63, 3.8) is 0 Å². The third-order valence-corrected chi connectivity index (χ3v) is 7.15. The molecule has 0 radical (unpaired) electrons. The second-order valence-corrected chi connectivity index (χ2v) is 11.0. The fraction of sp³-hybridized carbons (Fsp3) is 0.364. The Labute approximate surface area is 187 Å². The fourth-order valence-corrected chi connectivity index (χ4v) is 4.99. The third-order valence-electron chi connectivity index (χ3n) is 5.51. The molecule has 3 aromatic rings. The Morgan fingerprint density at radius 1 is 1.23 bits per heavy atom. The maximum absolute atomic E-state index is 13.2. The number of benzene rings is 2. The van der Waals surface area contributed by atoms with Crippen LogP contribution in [0.1, 0.15) is 38.8 Å². The van der Waals surface area contributed by atoms with Gasteiger partial charge in [-0.05, 0) is 54.3 Å². The number of halogens is 1. The van der Waals surface area contributed by atoms with Crippen molar-refractivity contribution in [3.8, 4) is 11.4 Å². The summed E-state index contributed by atoms with van der Waals surface area (Å²) in [7, 11) is -3.55. The Morgan fingerprint density at radius 2 is 1.97 bits per heavy atom. The molecule has 4 rings (SSSR count). The van der Waals surface area contributed by atoms with Crippen LogP contribution in [-0.4, -0.2) is 36.3 Å². The SMILES string of the molecule is CC(C)(C)c1ccc(S(=O)(=[OH+])Nc2ccc(Cl)cc2-c2nncn2C2CCNC2)cc1. The number of nitrogens with one attached hydrogen (secondary N) is 2. The van der Waals surface area contributed by atoms with E-state index in [4.69, 9.17) is 11.6 Å². The Bertz CT molecular complexity index is 1180. The second-order valence-electron chi connectivity index (χ2n) is 8.80. The monoisotopic (exact) mass is 460 g/mol. The predicted octanol–water partition coefficient (Wildman–Crippen LogP) is 4.39. The van der Waals surface area contributed by atoms with Gasteiger partial charge in [0.05, 0.1) is 11.7 Å². The van der Waals surface area contributed by atoms with Crippen molar-refractivity contribution in [1.82, 2.24) is 20.1 Å². The third kappa shape index (κ3) is 4.61. The first kappa shape index (κ1) is 21.8. The molecule has 1 saturated heterocycles. The van der Waals surface area contributed by atoms with Crippen LogP contribution in [0.25, 0.3) is 11.4 Å². The first-order chi connectivity index (χ1) is 14.6. The number of hydrogen-bond acceptors (Lipinski definition) is 4. The fourth-order valence-electron chi connectivity index (χ4n) is 3.72. The number of nitrogens with zero attached hydrogens (tertiary/aromatic N) is 3. The van der Waals surface area contributed by atoms with E-state index in [1.165, 1.54) is 0 Å². The summed E-state index contributed by atoms with van der Waals surface area (Å²) in [5.74, 6) is 0.608. The molecular formula is C22H27ClN5O2S+. The van der Waals surface area contributed by atoms with Crippen LogP contribution in [-0.2, 0) is 15.4 Å². The van der Waals surface area contributed by atoms with E-state index in [0.717, 1.165) is 25.1 Å². The molecule has 0 saturated carbocycles. The summed E-state index contributed by atoms with van der Waals surface area (Å²) in [6.45, 7) is 8.06. The normalized spacial score (nSPS) is 18.6. The molecule has 1 fully saturated rings. The largest absolute Gasteiger partial charge is 0.396 e. The molecule has 31 heavy (non-hydrogen) atoms. The highest BCUT2D eigenvalue weighted by Gasteiger charge is 2.26. The highest BCUT2D eigenvalue weighted by Crippen LogP contribution is 2.33. The van der Waals surface area contributed by atoms with Gasteiger partial charge in [-0.25, -0.2) is 8.93 Å². The van der Waals surface area contributed by atoms with E-state index in [1.807, 2.05) is 16.7 Å². The van der Waals surface area contributed by atoms with Crippen molar-refractivity contribution >= 4 is 27.3 Å². The van der Waals surface area contributed by atoms with Gasteiger partial charge in [-0.3, -0.25) is 0 Å². The smallest absolute Gasteiger partial charge is 0.315 e. The first-order valence-electron chi connectivity index (χ1n) is 10.2. The molecule has 2 heterocycles. The molecule has 1 aliphatic rings. The zero-order chi connectivity index (χ0) is 22.2. The average molecular weight is 461 g/mol. The predicted molar refractivity (Wildman–Crippen MR) is 124 cm³/mol. The van der Waals surface area contributed by atoms with Crippen LogP contribution in [0.2, 0.25) is 5.02 Å². The number of anilines is 1. The van der Waals surface area contributed by atoms with Gasteiger partial charge in [-0.15, -0.1) is 10.2 Å². The molecule has 164 valence electrons. The minimum Gasteiger partial charge on any atom is -0.315 e. The lowest BCUT2D eigenvalue weighted by Crippen LogP contribution is -2.16.